The third-order valence-corrected chi connectivity index (χ3v) is 6.79. The van der Waals surface area contributed by atoms with Crippen LogP contribution in [0.2, 0.25) is 0 Å². The number of hydrogen-bond donors (Lipinski definition) is 0. The van der Waals surface area contributed by atoms with Crippen LogP contribution in [0.3, 0.4) is 0 Å². The lowest BCUT2D eigenvalue weighted by Gasteiger charge is -2.19. The van der Waals surface area contributed by atoms with Crippen LogP contribution in [-0.2, 0) is 16.4 Å². The van der Waals surface area contributed by atoms with Gasteiger partial charge in [-0.15, -0.1) is 0 Å². The number of nitro benzene ring substituents is 1. The molecule has 2 aliphatic rings. The summed E-state index contributed by atoms with van der Waals surface area (Å²) in [5.41, 5.74) is 2.35. The number of benzene rings is 2. The van der Waals surface area contributed by atoms with Crippen LogP contribution in [0.4, 0.5) is 17.1 Å². The number of amides is 1. The van der Waals surface area contributed by atoms with Crippen molar-refractivity contribution < 1.29 is 18.1 Å². The Hall–Kier alpha value is -2.94. The summed E-state index contributed by atoms with van der Waals surface area (Å²) < 4.78 is 25.4. The highest BCUT2D eigenvalue weighted by Gasteiger charge is 2.30. The van der Waals surface area contributed by atoms with E-state index in [1.807, 2.05) is 0 Å². The number of carbonyl (C=O) groups is 1. The second kappa shape index (κ2) is 6.34. The summed E-state index contributed by atoms with van der Waals surface area (Å²) >= 11 is 0. The number of rotatable bonds is 3. The first-order chi connectivity index (χ1) is 12.9. The second-order valence-electron chi connectivity index (χ2n) is 6.57. The minimum absolute atomic E-state index is 0.0527. The Bertz CT molecular complexity index is 1030. The maximum atomic E-state index is 12.9. The highest BCUT2D eigenvalue weighted by Crippen LogP contribution is 2.33. The lowest BCUT2D eigenvalue weighted by atomic mass is 10.1. The molecule has 0 atom stereocenters. The number of nitro groups is 1. The van der Waals surface area contributed by atoms with Crippen molar-refractivity contribution in [3.8, 4) is 0 Å². The van der Waals surface area contributed by atoms with Gasteiger partial charge in [-0.3, -0.25) is 19.2 Å². The molecular weight excluding hydrogens is 370 g/mol. The number of anilines is 2. The molecule has 0 bridgehead atoms. The predicted octanol–water partition coefficient (Wildman–Crippen LogP) is 2.34. The zero-order chi connectivity index (χ0) is 19.2. The van der Waals surface area contributed by atoms with Crippen molar-refractivity contribution in [1.82, 2.24) is 0 Å². The van der Waals surface area contributed by atoms with Gasteiger partial charge in [0.2, 0.25) is 10.0 Å². The molecule has 140 valence electrons. The van der Waals surface area contributed by atoms with Gasteiger partial charge in [-0.05, 0) is 42.7 Å². The third-order valence-electron chi connectivity index (χ3n) is 4.92. The van der Waals surface area contributed by atoms with E-state index in [0.717, 1.165) is 5.56 Å². The van der Waals surface area contributed by atoms with Gasteiger partial charge in [-0.25, -0.2) is 8.42 Å². The zero-order valence-corrected chi connectivity index (χ0v) is 15.2. The van der Waals surface area contributed by atoms with Gasteiger partial charge in [0.1, 0.15) is 0 Å². The molecule has 0 saturated carbocycles. The summed E-state index contributed by atoms with van der Waals surface area (Å²) in [7, 11) is -3.27. The Kier molecular flexibility index (Phi) is 4.11. The number of sulfonamides is 1. The van der Waals surface area contributed by atoms with Gasteiger partial charge in [0.25, 0.3) is 11.6 Å². The first-order valence-electron chi connectivity index (χ1n) is 8.56. The fourth-order valence-corrected chi connectivity index (χ4v) is 5.11. The number of fused-ring (bicyclic) bond motifs is 1. The summed E-state index contributed by atoms with van der Waals surface area (Å²) in [6.45, 7) is 0.899. The molecule has 2 aromatic carbocycles. The molecule has 8 nitrogen and oxygen atoms in total. The first kappa shape index (κ1) is 17.5. The van der Waals surface area contributed by atoms with Crippen LogP contribution in [0.5, 0.6) is 0 Å². The molecule has 1 fully saturated rings. The SMILES string of the molecule is O=C(c1ccc(N2CCCS2(=O)=O)cc1)N1CCc2ccc([N+](=O)[O-])cc21. The molecule has 2 heterocycles. The van der Waals surface area contributed by atoms with Crippen LogP contribution >= 0.6 is 0 Å². The standard InChI is InChI=1S/C18H17N3O5S/c22-18(19-10-8-13-2-7-16(21(23)24)12-17(13)19)14-3-5-15(6-4-14)20-9-1-11-27(20,25)26/h2-7,12H,1,8-11H2. The molecular formula is C18H17N3O5S. The van der Waals surface area contributed by atoms with E-state index in [0.29, 0.717) is 42.9 Å². The quantitative estimate of drug-likeness (QED) is 0.594. The number of non-ortho nitro benzene ring substituents is 1. The molecule has 0 spiro atoms. The van der Waals surface area contributed by atoms with Gasteiger partial charge in [0.05, 0.1) is 22.1 Å². The van der Waals surface area contributed by atoms with Gasteiger partial charge in [-0.1, -0.05) is 6.07 Å². The third kappa shape index (κ3) is 3.03. The predicted molar refractivity (Wildman–Crippen MR) is 101 cm³/mol. The monoisotopic (exact) mass is 387 g/mol. The first-order valence-corrected chi connectivity index (χ1v) is 10.2. The number of nitrogens with zero attached hydrogens (tertiary/aromatic N) is 3. The fourth-order valence-electron chi connectivity index (χ4n) is 3.55. The molecule has 2 aliphatic heterocycles. The average Bonchev–Trinajstić information content (AvgIpc) is 3.23. The molecule has 0 aliphatic carbocycles. The van der Waals surface area contributed by atoms with E-state index in [1.165, 1.54) is 21.3 Å². The summed E-state index contributed by atoms with van der Waals surface area (Å²) in [6.07, 6.45) is 1.23. The fraction of sp³-hybridized carbons (Fsp3) is 0.278. The lowest BCUT2D eigenvalue weighted by Crippen LogP contribution is -2.29. The van der Waals surface area contributed by atoms with E-state index >= 15 is 0 Å². The lowest BCUT2D eigenvalue weighted by molar-refractivity contribution is -0.384. The highest BCUT2D eigenvalue weighted by atomic mass is 32.2. The molecule has 0 unspecified atom stereocenters. The van der Waals surface area contributed by atoms with Crippen molar-refractivity contribution in [2.24, 2.45) is 0 Å². The minimum atomic E-state index is -3.27. The molecule has 1 saturated heterocycles. The van der Waals surface area contributed by atoms with Crippen LogP contribution in [-0.4, -0.2) is 38.1 Å². The van der Waals surface area contributed by atoms with E-state index in [4.69, 9.17) is 0 Å². The Labute approximate surface area is 156 Å². The van der Waals surface area contributed by atoms with E-state index < -0.39 is 14.9 Å². The van der Waals surface area contributed by atoms with E-state index in [-0.39, 0.29) is 17.3 Å². The van der Waals surface area contributed by atoms with Crippen LogP contribution in [0.15, 0.2) is 42.5 Å². The van der Waals surface area contributed by atoms with Gasteiger partial charge >= 0.3 is 0 Å². The number of hydrogen-bond acceptors (Lipinski definition) is 5. The van der Waals surface area contributed by atoms with Crippen molar-refractivity contribution in [2.75, 3.05) is 28.0 Å². The summed E-state index contributed by atoms with van der Waals surface area (Å²) in [5.74, 6) is -0.123. The van der Waals surface area contributed by atoms with Crippen LogP contribution in [0.1, 0.15) is 22.3 Å². The van der Waals surface area contributed by atoms with Crippen molar-refractivity contribution in [3.63, 3.8) is 0 Å². The maximum Gasteiger partial charge on any atom is 0.271 e. The molecule has 27 heavy (non-hydrogen) atoms. The molecule has 2 aromatic rings. The Balaban J connectivity index is 1.60. The average molecular weight is 387 g/mol. The van der Waals surface area contributed by atoms with E-state index in [1.54, 1.807) is 30.3 Å². The van der Waals surface area contributed by atoms with Crippen molar-refractivity contribution >= 4 is 33.0 Å². The molecule has 1 amide bonds. The Morgan fingerprint density at radius 2 is 1.81 bits per heavy atom. The van der Waals surface area contributed by atoms with Crippen molar-refractivity contribution in [2.45, 2.75) is 12.8 Å². The summed E-state index contributed by atoms with van der Waals surface area (Å²) in [6, 6.07) is 11.0. The highest BCUT2D eigenvalue weighted by molar-refractivity contribution is 7.93. The van der Waals surface area contributed by atoms with Crippen molar-refractivity contribution in [3.05, 3.63) is 63.7 Å². The van der Waals surface area contributed by atoms with Gasteiger partial charge in [0, 0.05) is 30.8 Å². The number of carbonyl (C=O) groups excluding carboxylic acids is 1. The largest absolute Gasteiger partial charge is 0.308 e. The molecule has 9 heteroatoms. The van der Waals surface area contributed by atoms with Crippen LogP contribution in [0.25, 0.3) is 0 Å². The summed E-state index contributed by atoms with van der Waals surface area (Å²) in [5, 5.41) is 11.0. The minimum Gasteiger partial charge on any atom is -0.308 e. The van der Waals surface area contributed by atoms with Crippen LogP contribution in [0, 0.1) is 10.1 Å². The smallest absolute Gasteiger partial charge is 0.271 e. The van der Waals surface area contributed by atoms with Gasteiger partial charge in [0.15, 0.2) is 0 Å². The molecule has 0 radical (unpaired) electrons. The topological polar surface area (TPSA) is 101 Å². The van der Waals surface area contributed by atoms with Gasteiger partial charge < -0.3 is 4.90 Å². The Morgan fingerprint density at radius 3 is 2.44 bits per heavy atom. The Morgan fingerprint density at radius 1 is 1.07 bits per heavy atom. The molecule has 0 N–H and O–H groups in total. The second-order valence-corrected chi connectivity index (χ2v) is 8.58. The summed E-state index contributed by atoms with van der Waals surface area (Å²) in [4.78, 5) is 24.9. The molecule has 0 aromatic heterocycles. The van der Waals surface area contributed by atoms with E-state index in [9.17, 15) is 23.3 Å². The van der Waals surface area contributed by atoms with Crippen LogP contribution < -0.4 is 9.21 Å². The molecule has 4 rings (SSSR count). The van der Waals surface area contributed by atoms with Gasteiger partial charge in [-0.2, -0.15) is 0 Å². The zero-order valence-electron chi connectivity index (χ0n) is 14.4. The maximum absolute atomic E-state index is 12.9. The van der Waals surface area contributed by atoms with Crippen molar-refractivity contribution in [1.29, 1.82) is 0 Å². The normalized spacial score (nSPS) is 17.8. The van der Waals surface area contributed by atoms with E-state index in [2.05, 4.69) is 0 Å².